The minimum atomic E-state index is -0.307. The van der Waals surface area contributed by atoms with Crippen LogP contribution in [0.3, 0.4) is 0 Å². The van der Waals surface area contributed by atoms with Gasteiger partial charge in [0, 0.05) is 18.3 Å². The van der Waals surface area contributed by atoms with Crippen molar-refractivity contribution in [2.75, 3.05) is 5.32 Å². The van der Waals surface area contributed by atoms with Crippen molar-refractivity contribution in [3.8, 4) is 11.4 Å². The van der Waals surface area contributed by atoms with Crippen LogP contribution in [0.2, 0.25) is 0 Å². The van der Waals surface area contributed by atoms with E-state index < -0.39 is 0 Å². The molecule has 140 valence electrons. The number of aromatic nitrogens is 3. The summed E-state index contributed by atoms with van der Waals surface area (Å²) < 4.78 is 1.92. The van der Waals surface area contributed by atoms with Gasteiger partial charge in [-0.05, 0) is 29.8 Å². The highest BCUT2D eigenvalue weighted by molar-refractivity contribution is 8.00. The van der Waals surface area contributed by atoms with Crippen LogP contribution in [-0.4, -0.2) is 25.9 Å². The largest absolute Gasteiger partial charge is 0.325 e. The molecular weight excluding hydrogens is 368 g/mol. The zero-order chi connectivity index (χ0) is 19.5. The number of anilines is 1. The van der Waals surface area contributed by atoms with E-state index in [0.717, 1.165) is 27.8 Å². The van der Waals surface area contributed by atoms with Gasteiger partial charge in [0.1, 0.15) is 0 Å². The molecule has 3 aromatic carbocycles. The van der Waals surface area contributed by atoms with E-state index in [4.69, 9.17) is 0 Å². The number of carbonyl (C=O) groups is 1. The summed E-state index contributed by atoms with van der Waals surface area (Å²) in [7, 11) is 1.92. The van der Waals surface area contributed by atoms with Gasteiger partial charge < -0.3 is 9.88 Å². The standard InChI is InChI=1S/C22H20N4OS/c1-15(21(27)23-19-13-12-16-8-6-7-11-18(16)14-19)28-22-25-24-20(26(22)2)17-9-4-3-5-10-17/h3-15H,1-2H3,(H,23,27)/t15-/m0/s1. The molecule has 1 atom stereocenters. The molecule has 0 aliphatic rings. The summed E-state index contributed by atoms with van der Waals surface area (Å²) in [6, 6.07) is 23.9. The summed E-state index contributed by atoms with van der Waals surface area (Å²) in [5.41, 5.74) is 1.79. The van der Waals surface area contributed by atoms with E-state index in [1.54, 1.807) is 0 Å². The first-order chi connectivity index (χ1) is 13.6. The van der Waals surface area contributed by atoms with E-state index in [9.17, 15) is 4.79 Å². The molecule has 0 aliphatic carbocycles. The summed E-state index contributed by atoms with van der Waals surface area (Å²) in [6.07, 6.45) is 0. The van der Waals surface area contributed by atoms with Crippen molar-refractivity contribution in [3.05, 3.63) is 72.8 Å². The van der Waals surface area contributed by atoms with Gasteiger partial charge in [-0.1, -0.05) is 72.4 Å². The number of hydrogen-bond donors (Lipinski definition) is 1. The van der Waals surface area contributed by atoms with E-state index in [0.29, 0.717) is 5.16 Å². The molecule has 4 rings (SSSR count). The lowest BCUT2D eigenvalue weighted by molar-refractivity contribution is -0.115. The molecule has 0 spiro atoms. The molecule has 1 amide bonds. The van der Waals surface area contributed by atoms with Crippen LogP contribution in [-0.2, 0) is 11.8 Å². The predicted molar refractivity (Wildman–Crippen MR) is 114 cm³/mol. The number of rotatable bonds is 5. The summed E-state index contributed by atoms with van der Waals surface area (Å²) in [4.78, 5) is 12.7. The molecule has 1 aromatic heterocycles. The maximum atomic E-state index is 12.7. The van der Waals surface area contributed by atoms with E-state index >= 15 is 0 Å². The van der Waals surface area contributed by atoms with Crippen LogP contribution < -0.4 is 5.32 Å². The van der Waals surface area contributed by atoms with Crippen molar-refractivity contribution in [1.82, 2.24) is 14.8 Å². The minimum Gasteiger partial charge on any atom is -0.325 e. The second-order valence-electron chi connectivity index (χ2n) is 6.54. The van der Waals surface area contributed by atoms with Crippen molar-refractivity contribution >= 4 is 34.1 Å². The topological polar surface area (TPSA) is 59.8 Å². The fraction of sp³-hybridized carbons (Fsp3) is 0.136. The average Bonchev–Trinajstić information content (AvgIpc) is 3.08. The van der Waals surface area contributed by atoms with Gasteiger partial charge in [-0.2, -0.15) is 0 Å². The third kappa shape index (κ3) is 3.77. The lowest BCUT2D eigenvalue weighted by Crippen LogP contribution is -2.22. The molecule has 0 saturated heterocycles. The molecule has 1 N–H and O–H groups in total. The molecule has 0 radical (unpaired) electrons. The molecule has 0 unspecified atom stereocenters. The quantitative estimate of drug-likeness (QED) is 0.501. The second-order valence-corrected chi connectivity index (χ2v) is 7.85. The van der Waals surface area contributed by atoms with E-state index in [1.165, 1.54) is 11.8 Å². The average molecular weight is 388 g/mol. The Hall–Kier alpha value is -3.12. The first-order valence-electron chi connectivity index (χ1n) is 9.03. The zero-order valence-corrected chi connectivity index (χ0v) is 16.5. The molecule has 0 saturated carbocycles. The lowest BCUT2D eigenvalue weighted by atomic mass is 10.1. The van der Waals surface area contributed by atoms with Crippen LogP contribution in [0.25, 0.3) is 22.2 Å². The van der Waals surface area contributed by atoms with Crippen LogP contribution in [0.15, 0.2) is 78.0 Å². The maximum Gasteiger partial charge on any atom is 0.237 e. The van der Waals surface area contributed by atoms with Crippen molar-refractivity contribution in [1.29, 1.82) is 0 Å². The third-order valence-corrected chi connectivity index (χ3v) is 5.67. The fourth-order valence-electron chi connectivity index (χ4n) is 2.98. The first-order valence-corrected chi connectivity index (χ1v) is 9.91. The number of nitrogens with zero attached hydrogens (tertiary/aromatic N) is 3. The Bertz CT molecular complexity index is 1120. The number of thioether (sulfide) groups is 1. The second kappa shape index (κ2) is 7.86. The summed E-state index contributed by atoms with van der Waals surface area (Å²) in [5, 5.41) is 14.2. The fourth-order valence-corrected chi connectivity index (χ4v) is 3.79. The third-order valence-electron chi connectivity index (χ3n) is 4.54. The number of nitrogens with one attached hydrogen (secondary N) is 1. The van der Waals surface area contributed by atoms with Crippen molar-refractivity contribution in [3.63, 3.8) is 0 Å². The highest BCUT2D eigenvalue weighted by atomic mass is 32.2. The van der Waals surface area contributed by atoms with Crippen molar-refractivity contribution in [2.45, 2.75) is 17.3 Å². The predicted octanol–water partition coefficient (Wildman–Crippen LogP) is 4.75. The summed E-state index contributed by atoms with van der Waals surface area (Å²) in [5.74, 6) is 0.717. The van der Waals surface area contributed by atoms with E-state index in [1.807, 2.05) is 85.3 Å². The molecule has 0 aliphatic heterocycles. The van der Waals surface area contributed by atoms with Crippen molar-refractivity contribution in [2.24, 2.45) is 7.05 Å². The van der Waals surface area contributed by atoms with Gasteiger partial charge in [-0.25, -0.2) is 0 Å². The summed E-state index contributed by atoms with van der Waals surface area (Å²) in [6.45, 7) is 1.87. The molecule has 4 aromatic rings. The Balaban J connectivity index is 1.46. The smallest absolute Gasteiger partial charge is 0.237 e. The molecule has 1 heterocycles. The molecule has 28 heavy (non-hydrogen) atoms. The number of benzene rings is 3. The van der Waals surface area contributed by atoms with Gasteiger partial charge in [-0.3, -0.25) is 4.79 Å². The number of amides is 1. The maximum absolute atomic E-state index is 12.7. The Morgan fingerprint density at radius 2 is 1.68 bits per heavy atom. The van der Waals surface area contributed by atoms with E-state index in [-0.39, 0.29) is 11.2 Å². The van der Waals surface area contributed by atoms with Crippen molar-refractivity contribution < 1.29 is 4.79 Å². The molecule has 0 bridgehead atoms. The minimum absolute atomic E-state index is 0.0652. The van der Waals surface area contributed by atoms with Gasteiger partial charge in [0.2, 0.25) is 5.91 Å². The van der Waals surface area contributed by atoms with Gasteiger partial charge in [-0.15, -0.1) is 10.2 Å². The normalized spacial score (nSPS) is 12.1. The molecule has 0 fully saturated rings. The number of fused-ring (bicyclic) bond motifs is 1. The SMILES string of the molecule is C[C@H](Sc1nnc(-c2ccccc2)n1C)C(=O)Nc1ccc2ccccc2c1. The Morgan fingerprint density at radius 3 is 2.46 bits per heavy atom. The monoisotopic (exact) mass is 388 g/mol. The first kappa shape index (κ1) is 18.3. The van der Waals surface area contributed by atoms with E-state index in [2.05, 4.69) is 21.6 Å². The van der Waals surface area contributed by atoms with Crippen LogP contribution in [0.1, 0.15) is 6.92 Å². The number of carbonyl (C=O) groups excluding carboxylic acids is 1. The highest BCUT2D eigenvalue weighted by Gasteiger charge is 2.19. The van der Waals surface area contributed by atoms with Crippen LogP contribution >= 0.6 is 11.8 Å². The van der Waals surface area contributed by atoms with Gasteiger partial charge in [0.05, 0.1) is 5.25 Å². The van der Waals surface area contributed by atoms with Gasteiger partial charge in [0.25, 0.3) is 0 Å². The van der Waals surface area contributed by atoms with Crippen LogP contribution in [0, 0.1) is 0 Å². The lowest BCUT2D eigenvalue weighted by Gasteiger charge is -2.12. The van der Waals surface area contributed by atoms with Gasteiger partial charge in [0.15, 0.2) is 11.0 Å². The van der Waals surface area contributed by atoms with Crippen LogP contribution in [0.4, 0.5) is 5.69 Å². The van der Waals surface area contributed by atoms with Crippen LogP contribution in [0.5, 0.6) is 0 Å². The Kier molecular flexibility index (Phi) is 5.12. The zero-order valence-electron chi connectivity index (χ0n) is 15.7. The Morgan fingerprint density at radius 1 is 0.964 bits per heavy atom. The number of hydrogen-bond acceptors (Lipinski definition) is 4. The van der Waals surface area contributed by atoms with Gasteiger partial charge >= 0.3 is 0 Å². The Labute approximate surface area is 167 Å². The molecule has 6 heteroatoms. The highest BCUT2D eigenvalue weighted by Crippen LogP contribution is 2.26. The molecule has 5 nitrogen and oxygen atoms in total. The summed E-state index contributed by atoms with van der Waals surface area (Å²) >= 11 is 1.39. The molecular formula is C22H20N4OS.